The van der Waals surface area contributed by atoms with Gasteiger partial charge in [0.25, 0.3) is 10.0 Å². The molecule has 4 heterocycles. The molecule has 1 amide bonds. The van der Waals surface area contributed by atoms with Gasteiger partial charge in [0.15, 0.2) is 5.03 Å². The van der Waals surface area contributed by atoms with Crippen molar-refractivity contribution < 1.29 is 22.7 Å². The Morgan fingerprint density at radius 2 is 1.89 bits per heavy atom. The van der Waals surface area contributed by atoms with E-state index in [4.69, 9.17) is 4.98 Å². The molecule has 0 bridgehead atoms. The lowest BCUT2D eigenvalue weighted by Crippen LogP contribution is -2.44. The zero-order valence-corrected chi connectivity index (χ0v) is 20.6. The van der Waals surface area contributed by atoms with Gasteiger partial charge in [0, 0.05) is 36.9 Å². The number of anilines is 2. The van der Waals surface area contributed by atoms with Crippen LogP contribution in [0, 0.1) is 5.95 Å². The van der Waals surface area contributed by atoms with Gasteiger partial charge < -0.3 is 10.4 Å². The van der Waals surface area contributed by atoms with Crippen LogP contribution >= 0.6 is 0 Å². The zero-order chi connectivity index (χ0) is 25.1. The van der Waals surface area contributed by atoms with E-state index in [1.165, 1.54) is 16.4 Å². The number of rotatable bonds is 5. The van der Waals surface area contributed by atoms with Crippen LogP contribution < -0.4 is 10.2 Å². The number of carbonyl (C=O) groups is 1. The van der Waals surface area contributed by atoms with E-state index in [1.807, 2.05) is 0 Å². The summed E-state index contributed by atoms with van der Waals surface area (Å²) in [6, 6.07) is 3.64. The van der Waals surface area contributed by atoms with Gasteiger partial charge in [-0.05, 0) is 63.5 Å². The number of fused-ring (bicyclic) bond motifs is 2. The topological polar surface area (TPSA) is 129 Å². The molecule has 2 aromatic heterocycles. The summed E-state index contributed by atoms with van der Waals surface area (Å²) in [6.45, 7) is 0.521. The smallest absolute Gasteiger partial charge is 0.260 e. The highest BCUT2D eigenvalue weighted by Crippen LogP contribution is 2.57. The number of nitrogens with zero attached hydrogens (tertiary/aromatic N) is 5. The molecule has 1 spiro atoms. The quantitative estimate of drug-likeness (QED) is 0.577. The molecule has 6 rings (SSSR count). The SMILES string of the molecule is O=C1N([C@@H]2CCC[C@@H](O)C2)c2nc(NC3CCN(S(=O)(=O)c4cccc(F)n4)CC3)ncc2C12CC2. The molecular weight excluding hydrogens is 487 g/mol. The highest BCUT2D eigenvalue weighted by Gasteiger charge is 2.61. The van der Waals surface area contributed by atoms with Crippen LogP contribution in [0.5, 0.6) is 0 Å². The van der Waals surface area contributed by atoms with Gasteiger partial charge in [-0.15, -0.1) is 0 Å². The van der Waals surface area contributed by atoms with Gasteiger partial charge in [-0.2, -0.15) is 13.7 Å². The summed E-state index contributed by atoms with van der Waals surface area (Å²) in [7, 11) is -3.87. The fraction of sp³-hybridized carbons (Fsp3) is 0.583. The van der Waals surface area contributed by atoms with E-state index in [2.05, 4.69) is 15.3 Å². The van der Waals surface area contributed by atoms with Crippen LogP contribution in [-0.4, -0.2) is 70.0 Å². The second-order valence-corrected chi connectivity index (χ2v) is 12.2. The van der Waals surface area contributed by atoms with E-state index < -0.39 is 27.5 Å². The lowest BCUT2D eigenvalue weighted by atomic mass is 9.92. The number of piperidine rings is 1. The monoisotopic (exact) mass is 516 g/mol. The van der Waals surface area contributed by atoms with E-state index >= 15 is 0 Å². The van der Waals surface area contributed by atoms with E-state index in [9.17, 15) is 22.7 Å². The van der Waals surface area contributed by atoms with Crippen molar-refractivity contribution in [3.63, 3.8) is 0 Å². The number of halogens is 1. The summed E-state index contributed by atoms with van der Waals surface area (Å²) in [4.78, 5) is 28.0. The van der Waals surface area contributed by atoms with Crippen LogP contribution in [0.1, 0.15) is 56.9 Å². The second-order valence-electron chi connectivity index (χ2n) is 10.3. The first-order chi connectivity index (χ1) is 17.3. The molecule has 1 saturated heterocycles. The number of hydrogen-bond acceptors (Lipinski definition) is 8. The first-order valence-electron chi connectivity index (χ1n) is 12.6. The van der Waals surface area contributed by atoms with Crippen molar-refractivity contribution >= 4 is 27.7 Å². The summed E-state index contributed by atoms with van der Waals surface area (Å²) in [5.41, 5.74) is 0.377. The molecule has 36 heavy (non-hydrogen) atoms. The Morgan fingerprint density at radius 1 is 1.11 bits per heavy atom. The van der Waals surface area contributed by atoms with Crippen molar-refractivity contribution in [3.8, 4) is 0 Å². The number of hydrogen-bond donors (Lipinski definition) is 2. The maximum absolute atomic E-state index is 13.5. The van der Waals surface area contributed by atoms with Gasteiger partial charge in [-0.3, -0.25) is 9.69 Å². The Bertz CT molecular complexity index is 1300. The van der Waals surface area contributed by atoms with Gasteiger partial charge >= 0.3 is 0 Å². The minimum atomic E-state index is -3.87. The van der Waals surface area contributed by atoms with Gasteiger partial charge in [0.05, 0.1) is 11.5 Å². The number of sulfonamides is 1. The molecule has 0 radical (unpaired) electrons. The third kappa shape index (κ3) is 3.95. The van der Waals surface area contributed by atoms with Crippen molar-refractivity contribution in [1.29, 1.82) is 0 Å². The Morgan fingerprint density at radius 3 is 2.58 bits per heavy atom. The number of aliphatic hydroxyl groups is 1. The Labute approximate surface area is 209 Å². The van der Waals surface area contributed by atoms with Gasteiger partial charge in [0.2, 0.25) is 17.8 Å². The molecule has 3 fully saturated rings. The molecule has 0 aromatic carbocycles. The molecule has 2 atom stereocenters. The lowest BCUT2D eigenvalue weighted by Gasteiger charge is -2.34. The van der Waals surface area contributed by atoms with E-state index in [0.717, 1.165) is 43.7 Å². The number of aromatic nitrogens is 3. The highest BCUT2D eigenvalue weighted by molar-refractivity contribution is 7.89. The fourth-order valence-corrected chi connectivity index (χ4v) is 7.22. The van der Waals surface area contributed by atoms with E-state index in [0.29, 0.717) is 31.0 Å². The predicted molar refractivity (Wildman–Crippen MR) is 128 cm³/mol. The molecular formula is C24H29FN6O4S. The average Bonchev–Trinajstić information content (AvgIpc) is 3.62. The normalized spacial score (nSPS) is 26.3. The molecule has 2 aliphatic carbocycles. The third-order valence-electron chi connectivity index (χ3n) is 7.96. The number of carbonyl (C=O) groups excluding carboxylic acids is 1. The summed E-state index contributed by atoms with van der Waals surface area (Å²) in [5.74, 6) is 0.303. The Kier molecular flexibility index (Phi) is 5.73. The van der Waals surface area contributed by atoms with Gasteiger partial charge in [0.1, 0.15) is 5.82 Å². The van der Waals surface area contributed by atoms with Crippen molar-refractivity contribution in [2.75, 3.05) is 23.3 Å². The number of aliphatic hydroxyl groups excluding tert-OH is 1. The Hall–Kier alpha value is -2.70. The maximum Gasteiger partial charge on any atom is 0.260 e. The van der Waals surface area contributed by atoms with Gasteiger partial charge in [-0.25, -0.2) is 18.4 Å². The van der Waals surface area contributed by atoms with Crippen LogP contribution in [0.4, 0.5) is 16.2 Å². The molecule has 2 aliphatic heterocycles. The predicted octanol–water partition coefficient (Wildman–Crippen LogP) is 1.96. The van der Waals surface area contributed by atoms with Gasteiger partial charge in [-0.1, -0.05) is 6.07 Å². The van der Waals surface area contributed by atoms with Crippen molar-refractivity contribution in [2.45, 2.75) is 80.0 Å². The first kappa shape index (κ1) is 23.7. The second kappa shape index (κ2) is 8.70. The van der Waals surface area contributed by atoms with Crippen molar-refractivity contribution in [3.05, 3.63) is 35.9 Å². The molecule has 2 aromatic rings. The first-order valence-corrected chi connectivity index (χ1v) is 14.0. The minimum absolute atomic E-state index is 0.0492. The summed E-state index contributed by atoms with van der Waals surface area (Å²) in [6.07, 6.45) is 7.04. The van der Waals surface area contributed by atoms with E-state index in [-0.39, 0.29) is 36.1 Å². The summed E-state index contributed by atoms with van der Waals surface area (Å²) in [5, 5.41) is 13.2. The molecule has 0 unspecified atom stereocenters. The number of pyridine rings is 1. The highest BCUT2D eigenvalue weighted by atomic mass is 32.2. The standard InChI is InChI=1S/C24H29FN6O4S/c25-19-5-2-6-20(28-19)36(34,35)30-11-7-15(8-12-30)27-23-26-14-18-21(29-23)31(22(33)24(18)9-10-24)16-3-1-4-17(32)13-16/h2,5-6,14-17,32H,1,3-4,7-13H2,(H,26,27,29)/t16-,17-/m1/s1. The molecule has 2 N–H and O–H groups in total. The van der Waals surface area contributed by atoms with Crippen LogP contribution in [0.15, 0.2) is 29.4 Å². The minimum Gasteiger partial charge on any atom is -0.393 e. The average molecular weight is 517 g/mol. The summed E-state index contributed by atoms with van der Waals surface area (Å²) < 4.78 is 40.4. The third-order valence-corrected chi connectivity index (χ3v) is 9.76. The largest absolute Gasteiger partial charge is 0.393 e. The Balaban J connectivity index is 1.16. The fourth-order valence-electron chi connectivity index (χ4n) is 5.81. The summed E-state index contributed by atoms with van der Waals surface area (Å²) >= 11 is 0. The van der Waals surface area contributed by atoms with E-state index in [1.54, 1.807) is 11.1 Å². The van der Waals surface area contributed by atoms with Crippen LogP contribution in [0.2, 0.25) is 0 Å². The van der Waals surface area contributed by atoms with Crippen LogP contribution in [0.25, 0.3) is 0 Å². The molecule has 2 saturated carbocycles. The number of amides is 1. The maximum atomic E-state index is 13.5. The number of nitrogens with one attached hydrogen (secondary N) is 1. The zero-order valence-electron chi connectivity index (χ0n) is 19.8. The van der Waals surface area contributed by atoms with Crippen LogP contribution in [0.3, 0.4) is 0 Å². The molecule has 10 nitrogen and oxygen atoms in total. The molecule has 12 heteroatoms. The molecule has 192 valence electrons. The van der Waals surface area contributed by atoms with Crippen molar-refractivity contribution in [2.24, 2.45) is 0 Å². The van der Waals surface area contributed by atoms with Crippen molar-refractivity contribution in [1.82, 2.24) is 19.3 Å². The lowest BCUT2D eigenvalue weighted by molar-refractivity contribution is -0.121. The molecule has 4 aliphatic rings. The van der Waals surface area contributed by atoms with Crippen LogP contribution in [-0.2, 0) is 20.2 Å².